The Balaban J connectivity index is 2.69. The van der Waals surface area contributed by atoms with E-state index in [0.29, 0.717) is 0 Å². The van der Waals surface area contributed by atoms with Crippen molar-refractivity contribution in [2.24, 2.45) is 0 Å². The largest absolute Gasteiger partial charge is 0.304 e. The first kappa shape index (κ1) is 10.9. The molecular weight excluding hydrogens is 186 g/mol. The summed E-state index contributed by atoms with van der Waals surface area (Å²) in [5.74, 6) is 7.28. The molecule has 0 aliphatic heterocycles. The van der Waals surface area contributed by atoms with Crippen molar-refractivity contribution in [3.05, 3.63) is 30.3 Å². The summed E-state index contributed by atoms with van der Waals surface area (Å²) in [5, 5.41) is 0. The van der Waals surface area contributed by atoms with Gasteiger partial charge < -0.3 is 4.90 Å². The molecule has 0 saturated carbocycles. The maximum Gasteiger partial charge on any atom is 0.203 e. The van der Waals surface area contributed by atoms with Gasteiger partial charge >= 0.3 is 0 Å². The molecule has 0 amide bonds. The van der Waals surface area contributed by atoms with Gasteiger partial charge in [0, 0.05) is 31.6 Å². The molecule has 0 heterocycles. The van der Waals surface area contributed by atoms with Crippen LogP contribution in [0, 0.1) is 23.8 Å². The Morgan fingerprint density at radius 2 is 1.87 bits per heavy atom. The van der Waals surface area contributed by atoms with Gasteiger partial charge in [0.15, 0.2) is 0 Å². The SMILES string of the molecule is CC(=O)C#CC#CN(C)c1ccccc1. The third-order valence-corrected chi connectivity index (χ3v) is 1.67. The molecule has 0 unspecified atom stereocenters. The second-order valence-electron chi connectivity index (χ2n) is 2.94. The maximum atomic E-state index is 10.5. The lowest BCUT2D eigenvalue weighted by Gasteiger charge is -2.09. The van der Waals surface area contributed by atoms with Crippen molar-refractivity contribution < 1.29 is 4.79 Å². The number of nitrogens with zero attached hydrogens (tertiary/aromatic N) is 1. The number of hydrogen-bond acceptors (Lipinski definition) is 2. The van der Waals surface area contributed by atoms with Crippen LogP contribution in [0.25, 0.3) is 0 Å². The molecule has 0 spiro atoms. The van der Waals surface area contributed by atoms with E-state index in [1.807, 2.05) is 37.4 Å². The third kappa shape index (κ3) is 4.02. The van der Waals surface area contributed by atoms with Crippen LogP contribution in [0.3, 0.4) is 0 Å². The summed E-state index contributed by atoms with van der Waals surface area (Å²) < 4.78 is 0. The Morgan fingerprint density at radius 1 is 1.20 bits per heavy atom. The maximum absolute atomic E-state index is 10.5. The highest BCUT2D eigenvalue weighted by molar-refractivity contribution is 5.93. The predicted octanol–water partition coefficient (Wildman–Crippen LogP) is 1.68. The molecule has 0 N–H and O–H groups in total. The number of Topliss-reactive ketones (excluding diaryl/α,β-unsaturated/α-hetero) is 1. The highest BCUT2D eigenvalue weighted by Gasteiger charge is 1.92. The number of hydrogen-bond donors (Lipinski definition) is 0. The number of para-hydroxylation sites is 1. The fourth-order valence-electron chi connectivity index (χ4n) is 0.947. The van der Waals surface area contributed by atoms with E-state index in [9.17, 15) is 4.79 Å². The molecule has 74 valence electrons. The Labute approximate surface area is 89.9 Å². The summed E-state index contributed by atoms with van der Waals surface area (Å²) in [7, 11) is 1.85. The van der Waals surface area contributed by atoms with Gasteiger partial charge in [-0.05, 0) is 24.0 Å². The molecule has 0 bridgehead atoms. The van der Waals surface area contributed by atoms with E-state index in [0.717, 1.165) is 5.69 Å². The molecule has 0 radical (unpaired) electrons. The summed E-state index contributed by atoms with van der Waals surface area (Å²) in [6, 6.07) is 12.5. The Morgan fingerprint density at radius 3 is 2.47 bits per heavy atom. The molecular formula is C13H11NO. The van der Waals surface area contributed by atoms with Crippen molar-refractivity contribution in [1.82, 2.24) is 0 Å². The highest BCUT2D eigenvalue weighted by atomic mass is 16.1. The molecule has 0 atom stereocenters. The van der Waals surface area contributed by atoms with Crippen LogP contribution in [0.4, 0.5) is 5.69 Å². The van der Waals surface area contributed by atoms with Gasteiger partial charge in [-0.3, -0.25) is 4.79 Å². The molecule has 2 nitrogen and oxygen atoms in total. The first-order valence-electron chi connectivity index (χ1n) is 4.51. The van der Waals surface area contributed by atoms with Crippen LogP contribution in [0.5, 0.6) is 0 Å². The molecule has 0 aliphatic carbocycles. The zero-order valence-corrected chi connectivity index (χ0v) is 8.74. The van der Waals surface area contributed by atoms with Gasteiger partial charge in [0.1, 0.15) is 0 Å². The summed E-state index contributed by atoms with van der Waals surface area (Å²) in [6.45, 7) is 1.41. The summed E-state index contributed by atoms with van der Waals surface area (Å²) >= 11 is 0. The highest BCUT2D eigenvalue weighted by Crippen LogP contribution is 2.08. The summed E-state index contributed by atoms with van der Waals surface area (Å²) in [6.07, 6.45) is 0. The van der Waals surface area contributed by atoms with Gasteiger partial charge in [-0.25, -0.2) is 0 Å². The van der Waals surface area contributed by atoms with Gasteiger partial charge in [-0.2, -0.15) is 0 Å². The van der Waals surface area contributed by atoms with E-state index in [1.54, 1.807) is 4.90 Å². The van der Waals surface area contributed by atoms with E-state index in [-0.39, 0.29) is 5.78 Å². The first-order valence-corrected chi connectivity index (χ1v) is 4.51. The fourth-order valence-corrected chi connectivity index (χ4v) is 0.947. The quantitative estimate of drug-likeness (QED) is 0.388. The number of anilines is 1. The summed E-state index contributed by atoms with van der Waals surface area (Å²) in [4.78, 5) is 12.3. The van der Waals surface area contributed by atoms with Crippen molar-refractivity contribution in [2.75, 3.05) is 11.9 Å². The Hall–Kier alpha value is -2.19. The monoisotopic (exact) mass is 197 g/mol. The van der Waals surface area contributed by atoms with Crippen molar-refractivity contribution in [1.29, 1.82) is 0 Å². The van der Waals surface area contributed by atoms with E-state index >= 15 is 0 Å². The minimum absolute atomic E-state index is 0.174. The van der Waals surface area contributed by atoms with Gasteiger partial charge in [0.05, 0.1) is 0 Å². The Bertz CT molecular complexity index is 454. The van der Waals surface area contributed by atoms with E-state index in [1.165, 1.54) is 6.92 Å². The lowest BCUT2D eigenvalue weighted by Crippen LogP contribution is -2.07. The first-order chi connectivity index (χ1) is 7.20. The Kier molecular flexibility index (Phi) is 4.01. The molecule has 0 saturated heterocycles. The number of carbonyl (C=O) groups is 1. The minimum atomic E-state index is -0.174. The van der Waals surface area contributed by atoms with E-state index in [2.05, 4.69) is 23.8 Å². The van der Waals surface area contributed by atoms with E-state index < -0.39 is 0 Å². The van der Waals surface area contributed by atoms with Crippen molar-refractivity contribution >= 4 is 11.5 Å². The van der Waals surface area contributed by atoms with Gasteiger partial charge in [-0.15, -0.1) is 0 Å². The van der Waals surface area contributed by atoms with E-state index in [4.69, 9.17) is 0 Å². The van der Waals surface area contributed by atoms with Crippen molar-refractivity contribution in [3.8, 4) is 23.8 Å². The van der Waals surface area contributed by atoms with Crippen LogP contribution >= 0.6 is 0 Å². The number of ketones is 1. The van der Waals surface area contributed by atoms with Crippen LogP contribution in [-0.2, 0) is 4.79 Å². The molecule has 15 heavy (non-hydrogen) atoms. The lowest BCUT2D eigenvalue weighted by atomic mass is 10.3. The normalized spacial score (nSPS) is 7.87. The number of rotatable bonds is 1. The molecule has 1 rings (SSSR count). The minimum Gasteiger partial charge on any atom is -0.304 e. The number of carbonyl (C=O) groups excluding carboxylic acids is 1. The zero-order valence-electron chi connectivity index (χ0n) is 8.74. The average molecular weight is 197 g/mol. The average Bonchev–Trinajstić information content (AvgIpc) is 2.25. The second-order valence-corrected chi connectivity index (χ2v) is 2.94. The molecule has 1 aromatic rings. The predicted molar refractivity (Wildman–Crippen MR) is 61.1 cm³/mol. The molecule has 0 aromatic heterocycles. The van der Waals surface area contributed by atoms with Crippen LogP contribution in [0.1, 0.15) is 6.92 Å². The van der Waals surface area contributed by atoms with Crippen LogP contribution < -0.4 is 4.90 Å². The lowest BCUT2D eigenvalue weighted by molar-refractivity contribution is -0.111. The smallest absolute Gasteiger partial charge is 0.203 e. The van der Waals surface area contributed by atoms with Gasteiger partial charge in [0.25, 0.3) is 0 Å². The molecule has 1 aromatic carbocycles. The zero-order chi connectivity index (χ0) is 11.1. The van der Waals surface area contributed by atoms with Crippen LogP contribution in [0.2, 0.25) is 0 Å². The fraction of sp³-hybridized carbons (Fsp3) is 0.154. The number of benzene rings is 1. The third-order valence-electron chi connectivity index (χ3n) is 1.67. The summed E-state index contributed by atoms with van der Waals surface area (Å²) in [5.41, 5.74) is 0.995. The van der Waals surface area contributed by atoms with Gasteiger partial charge in [-0.1, -0.05) is 18.2 Å². The molecule has 2 heteroatoms. The second kappa shape index (κ2) is 5.52. The molecule has 0 aliphatic rings. The van der Waals surface area contributed by atoms with Crippen molar-refractivity contribution in [3.63, 3.8) is 0 Å². The van der Waals surface area contributed by atoms with Crippen molar-refractivity contribution in [2.45, 2.75) is 6.92 Å². The van der Waals surface area contributed by atoms with Crippen LogP contribution in [-0.4, -0.2) is 12.8 Å². The van der Waals surface area contributed by atoms with Gasteiger partial charge in [0.2, 0.25) is 5.78 Å². The topological polar surface area (TPSA) is 20.3 Å². The van der Waals surface area contributed by atoms with Crippen LogP contribution in [0.15, 0.2) is 30.3 Å². The standard InChI is InChI=1S/C13H11NO/c1-12(15)8-6-7-11-14(2)13-9-4-3-5-10-13/h3-5,9-10H,1-2H3. The molecule has 0 fully saturated rings.